The van der Waals surface area contributed by atoms with E-state index < -0.39 is 0 Å². The van der Waals surface area contributed by atoms with Crippen molar-refractivity contribution in [3.63, 3.8) is 0 Å². The number of benzene rings is 1. The monoisotopic (exact) mass is 319 g/mol. The van der Waals surface area contributed by atoms with Gasteiger partial charge in [0.25, 0.3) is 0 Å². The van der Waals surface area contributed by atoms with Crippen molar-refractivity contribution in [2.24, 2.45) is 0 Å². The zero-order valence-corrected chi connectivity index (χ0v) is 11.5. The molecule has 96 valence electrons. The summed E-state index contributed by atoms with van der Waals surface area (Å²) in [4.78, 5) is 28.7. The van der Waals surface area contributed by atoms with Gasteiger partial charge in [0.15, 0.2) is 0 Å². The maximum absolute atomic E-state index is 11.8. The highest BCUT2D eigenvalue weighted by molar-refractivity contribution is 9.10. The second-order valence-electron chi connectivity index (χ2n) is 4.26. The number of nitrogens with zero attached hydrogens (tertiary/aromatic N) is 2. The van der Waals surface area contributed by atoms with Gasteiger partial charge in [0.05, 0.1) is 0 Å². The third-order valence-corrected chi connectivity index (χ3v) is 3.70. The maximum Gasteiger partial charge on any atom is 0.328 e. The molecule has 2 aromatic rings. The predicted octanol–water partition coefficient (Wildman–Crippen LogP) is 2.44. The molecule has 0 spiro atoms. The van der Waals surface area contributed by atoms with E-state index in [1.54, 1.807) is 11.1 Å². The summed E-state index contributed by atoms with van der Waals surface area (Å²) >= 11 is 3.40. The van der Waals surface area contributed by atoms with Crippen molar-refractivity contribution in [3.05, 3.63) is 35.1 Å². The maximum atomic E-state index is 11.8. The van der Waals surface area contributed by atoms with Gasteiger partial charge in [-0.15, -0.1) is 0 Å². The normalized spacial score (nSPS) is 15.7. The SMILES string of the molecule is O=C1CCN(c2ccc3ccnc(Br)c3c2)C(=O)N1. The van der Waals surface area contributed by atoms with E-state index in [0.29, 0.717) is 13.0 Å². The minimum atomic E-state index is -0.379. The number of carbonyl (C=O) groups excluding carboxylic acids is 2. The molecule has 3 rings (SSSR count). The Hall–Kier alpha value is -1.95. The van der Waals surface area contributed by atoms with Gasteiger partial charge in [0.1, 0.15) is 4.60 Å². The first-order valence-electron chi connectivity index (χ1n) is 5.81. The number of rotatable bonds is 1. The third kappa shape index (κ3) is 2.19. The van der Waals surface area contributed by atoms with Crippen molar-refractivity contribution in [1.29, 1.82) is 0 Å². The molecular formula is C13H10BrN3O2. The van der Waals surface area contributed by atoms with Crippen LogP contribution in [0.5, 0.6) is 0 Å². The van der Waals surface area contributed by atoms with E-state index in [4.69, 9.17) is 0 Å². The number of nitrogens with one attached hydrogen (secondary N) is 1. The number of carbonyl (C=O) groups is 2. The van der Waals surface area contributed by atoms with Gasteiger partial charge in [-0.1, -0.05) is 6.07 Å². The Morgan fingerprint density at radius 1 is 1.26 bits per heavy atom. The lowest BCUT2D eigenvalue weighted by Gasteiger charge is -2.26. The lowest BCUT2D eigenvalue weighted by Crippen LogP contribution is -2.49. The predicted molar refractivity (Wildman–Crippen MR) is 74.9 cm³/mol. The Balaban J connectivity index is 2.04. The van der Waals surface area contributed by atoms with Crippen molar-refractivity contribution in [2.45, 2.75) is 6.42 Å². The average Bonchev–Trinajstić information content (AvgIpc) is 2.39. The quantitative estimate of drug-likeness (QED) is 0.821. The highest BCUT2D eigenvalue weighted by atomic mass is 79.9. The number of hydrogen-bond donors (Lipinski definition) is 1. The van der Waals surface area contributed by atoms with Gasteiger partial charge in [-0.25, -0.2) is 9.78 Å². The summed E-state index contributed by atoms with van der Waals surface area (Å²) < 4.78 is 0.736. The Bertz CT molecular complexity index is 687. The van der Waals surface area contributed by atoms with Gasteiger partial charge < -0.3 is 0 Å². The average molecular weight is 320 g/mol. The summed E-state index contributed by atoms with van der Waals surface area (Å²) in [6, 6.07) is 7.21. The van der Waals surface area contributed by atoms with Crippen LogP contribution in [0.3, 0.4) is 0 Å². The van der Waals surface area contributed by atoms with Crippen LogP contribution in [-0.2, 0) is 4.79 Å². The van der Waals surface area contributed by atoms with Crippen LogP contribution in [0.4, 0.5) is 10.5 Å². The molecule has 1 N–H and O–H groups in total. The topological polar surface area (TPSA) is 62.3 Å². The number of aromatic nitrogens is 1. The molecule has 0 unspecified atom stereocenters. The highest BCUT2D eigenvalue weighted by Crippen LogP contribution is 2.27. The van der Waals surface area contributed by atoms with E-state index >= 15 is 0 Å². The van der Waals surface area contributed by atoms with Gasteiger partial charge in [-0.3, -0.25) is 15.0 Å². The van der Waals surface area contributed by atoms with Crippen molar-refractivity contribution in [3.8, 4) is 0 Å². The fraction of sp³-hybridized carbons (Fsp3) is 0.154. The first-order chi connectivity index (χ1) is 9.15. The number of halogens is 1. The van der Waals surface area contributed by atoms with E-state index in [2.05, 4.69) is 26.2 Å². The molecule has 0 atom stereocenters. The van der Waals surface area contributed by atoms with Crippen LogP contribution in [-0.4, -0.2) is 23.5 Å². The van der Waals surface area contributed by atoms with Crippen LogP contribution < -0.4 is 10.2 Å². The Morgan fingerprint density at radius 2 is 2.11 bits per heavy atom. The molecule has 1 saturated heterocycles. The van der Waals surface area contributed by atoms with Crippen LogP contribution in [0, 0.1) is 0 Å². The lowest BCUT2D eigenvalue weighted by atomic mass is 10.1. The number of anilines is 1. The van der Waals surface area contributed by atoms with Crippen molar-refractivity contribution in [2.75, 3.05) is 11.4 Å². The van der Waals surface area contributed by atoms with Crippen LogP contribution in [0.15, 0.2) is 35.1 Å². The molecule has 1 aromatic carbocycles. The van der Waals surface area contributed by atoms with Gasteiger partial charge in [-0.05, 0) is 39.5 Å². The van der Waals surface area contributed by atoms with Gasteiger partial charge in [0.2, 0.25) is 5.91 Å². The summed E-state index contributed by atoms with van der Waals surface area (Å²) in [5, 5.41) is 4.29. The molecule has 5 nitrogen and oxygen atoms in total. The zero-order chi connectivity index (χ0) is 13.4. The van der Waals surface area contributed by atoms with E-state index in [9.17, 15) is 9.59 Å². The number of imide groups is 1. The van der Waals surface area contributed by atoms with E-state index in [1.165, 1.54) is 0 Å². The second-order valence-corrected chi connectivity index (χ2v) is 5.01. The summed E-state index contributed by atoms with van der Waals surface area (Å²) in [5.41, 5.74) is 0.756. The number of hydrogen-bond acceptors (Lipinski definition) is 3. The summed E-state index contributed by atoms with van der Waals surface area (Å²) in [6.45, 7) is 0.397. The molecule has 19 heavy (non-hydrogen) atoms. The number of urea groups is 1. The molecule has 0 bridgehead atoms. The third-order valence-electron chi connectivity index (χ3n) is 3.07. The van der Waals surface area contributed by atoms with E-state index in [0.717, 1.165) is 21.1 Å². The molecule has 1 aliphatic heterocycles. The number of fused-ring (bicyclic) bond motifs is 1. The largest absolute Gasteiger partial charge is 0.328 e. The van der Waals surface area contributed by atoms with Gasteiger partial charge in [0, 0.05) is 30.2 Å². The molecule has 1 aliphatic rings. The van der Waals surface area contributed by atoms with Crippen LogP contribution in [0.1, 0.15) is 6.42 Å². The van der Waals surface area contributed by atoms with Crippen LogP contribution >= 0.6 is 15.9 Å². The molecule has 1 aromatic heterocycles. The minimum Gasteiger partial charge on any atom is -0.294 e. The van der Waals surface area contributed by atoms with Crippen LogP contribution in [0.2, 0.25) is 0 Å². The Kier molecular flexibility index (Phi) is 2.94. The molecular weight excluding hydrogens is 310 g/mol. The van der Waals surface area contributed by atoms with E-state index in [1.807, 2.05) is 24.3 Å². The summed E-state index contributed by atoms with van der Waals surface area (Å²) in [7, 11) is 0. The first kappa shape index (κ1) is 12.1. The fourth-order valence-corrected chi connectivity index (χ4v) is 2.56. The molecule has 2 heterocycles. The van der Waals surface area contributed by atoms with Crippen molar-refractivity contribution in [1.82, 2.24) is 10.3 Å². The minimum absolute atomic E-state index is 0.232. The number of pyridine rings is 1. The van der Waals surface area contributed by atoms with E-state index in [-0.39, 0.29) is 11.9 Å². The molecule has 0 radical (unpaired) electrons. The second kappa shape index (κ2) is 4.62. The molecule has 3 amide bonds. The Labute approximate surface area is 117 Å². The molecule has 0 saturated carbocycles. The molecule has 1 fully saturated rings. The summed E-state index contributed by atoms with van der Waals surface area (Å²) in [5.74, 6) is -0.232. The fourth-order valence-electron chi connectivity index (χ4n) is 2.10. The standard InChI is InChI=1S/C13H10BrN3O2/c14-12-10-7-9(2-1-8(10)3-5-15-12)17-6-4-11(18)16-13(17)19/h1-3,5,7H,4,6H2,(H,16,18,19). The first-order valence-corrected chi connectivity index (χ1v) is 6.60. The van der Waals surface area contributed by atoms with Crippen LogP contribution in [0.25, 0.3) is 10.8 Å². The molecule has 0 aliphatic carbocycles. The summed E-state index contributed by atoms with van der Waals surface area (Å²) in [6.07, 6.45) is 2.04. The van der Waals surface area contributed by atoms with Gasteiger partial charge >= 0.3 is 6.03 Å². The lowest BCUT2D eigenvalue weighted by molar-refractivity contribution is -0.120. The molecule has 6 heteroatoms. The van der Waals surface area contributed by atoms with Crippen molar-refractivity contribution < 1.29 is 9.59 Å². The number of amides is 3. The van der Waals surface area contributed by atoms with Crippen molar-refractivity contribution >= 4 is 44.3 Å². The Morgan fingerprint density at radius 3 is 2.89 bits per heavy atom. The highest BCUT2D eigenvalue weighted by Gasteiger charge is 2.24. The zero-order valence-electron chi connectivity index (χ0n) is 9.89. The van der Waals surface area contributed by atoms with Gasteiger partial charge in [-0.2, -0.15) is 0 Å². The smallest absolute Gasteiger partial charge is 0.294 e.